The quantitative estimate of drug-likeness (QED) is 0.797. The molecule has 1 saturated heterocycles. The van der Waals surface area contributed by atoms with Crippen LogP contribution in [-0.2, 0) is 6.54 Å². The number of ether oxygens (including phenoxy) is 1. The number of fused-ring (bicyclic) bond motifs is 1. The SMILES string of the molecule is CCCN(C(=O)c1cc2n(n1)CCO2)C1CCN(C(=O)c2ccccc2)CC1. The van der Waals surface area contributed by atoms with Gasteiger partial charge in [-0.25, -0.2) is 4.68 Å². The number of carbonyl (C=O) groups is 2. The minimum Gasteiger partial charge on any atom is -0.476 e. The van der Waals surface area contributed by atoms with Crippen LogP contribution >= 0.6 is 0 Å². The Morgan fingerprint density at radius 2 is 1.93 bits per heavy atom. The van der Waals surface area contributed by atoms with Crippen LogP contribution in [0.5, 0.6) is 5.88 Å². The van der Waals surface area contributed by atoms with Gasteiger partial charge >= 0.3 is 0 Å². The molecule has 4 rings (SSSR count). The molecule has 0 unspecified atom stereocenters. The van der Waals surface area contributed by atoms with Gasteiger partial charge in [0.2, 0.25) is 5.88 Å². The smallest absolute Gasteiger partial charge is 0.274 e. The second-order valence-electron chi connectivity index (χ2n) is 7.33. The summed E-state index contributed by atoms with van der Waals surface area (Å²) in [5.74, 6) is 0.693. The normalized spacial score (nSPS) is 16.5. The summed E-state index contributed by atoms with van der Waals surface area (Å²) in [6.45, 7) is 5.40. The lowest BCUT2D eigenvalue weighted by Gasteiger charge is -2.38. The van der Waals surface area contributed by atoms with E-state index in [0.29, 0.717) is 44.4 Å². The Hall–Kier alpha value is -2.83. The zero-order valence-corrected chi connectivity index (χ0v) is 16.2. The number of hydrogen-bond donors (Lipinski definition) is 0. The van der Waals surface area contributed by atoms with Crippen molar-refractivity contribution in [2.75, 3.05) is 26.2 Å². The summed E-state index contributed by atoms with van der Waals surface area (Å²) in [7, 11) is 0. The molecular weight excluding hydrogens is 356 g/mol. The lowest BCUT2D eigenvalue weighted by Crippen LogP contribution is -2.49. The molecule has 0 saturated carbocycles. The first-order valence-electron chi connectivity index (χ1n) is 10.0. The van der Waals surface area contributed by atoms with Crippen molar-refractivity contribution in [2.24, 2.45) is 0 Å². The number of amides is 2. The molecule has 0 bridgehead atoms. The number of carbonyl (C=O) groups excluding carboxylic acids is 2. The lowest BCUT2D eigenvalue weighted by molar-refractivity contribution is 0.0514. The first-order chi connectivity index (χ1) is 13.7. The van der Waals surface area contributed by atoms with E-state index < -0.39 is 0 Å². The molecule has 2 amide bonds. The second-order valence-corrected chi connectivity index (χ2v) is 7.33. The zero-order chi connectivity index (χ0) is 19.5. The molecule has 2 aliphatic rings. The van der Waals surface area contributed by atoms with Gasteiger partial charge in [0.1, 0.15) is 6.61 Å². The Bertz CT molecular complexity index is 819. The molecule has 0 spiro atoms. The topological polar surface area (TPSA) is 67.7 Å². The van der Waals surface area contributed by atoms with Crippen LogP contribution in [0.25, 0.3) is 0 Å². The van der Waals surface area contributed by atoms with E-state index in [1.807, 2.05) is 40.1 Å². The maximum Gasteiger partial charge on any atom is 0.274 e. The van der Waals surface area contributed by atoms with Crippen LogP contribution in [0.2, 0.25) is 0 Å². The van der Waals surface area contributed by atoms with Gasteiger partial charge in [-0.1, -0.05) is 25.1 Å². The van der Waals surface area contributed by atoms with Gasteiger partial charge in [0.25, 0.3) is 11.8 Å². The average molecular weight is 382 g/mol. The Balaban J connectivity index is 1.41. The molecule has 0 N–H and O–H groups in total. The van der Waals surface area contributed by atoms with Gasteiger partial charge in [-0.3, -0.25) is 9.59 Å². The summed E-state index contributed by atoms with van der Waals surface area (Å²) in [6, 6.07) is 11.2. The predicted octanol–water partition coefficient (Wildman–Crippen LogP) is 2.43. The van der Waals surface area contributed by atoms with Crippen molar-refractivity contribution in [1.29, 1.82) is 0 Å². The van der Waals surface area contributed by atoms with Crippen molar-refractivity contribution >= 4 is 11.8 Å². The van der Waals surface area contributed by atoms with Crippen molar-refractivity contribution in [3.05, 3.63) is 47.7 Å². The maximum atomic E-state index is 13.1. The van der Waals surface area contributed by atoms with Crippen LogP contribution in [0.4, 0.5) is 0 Å². The molecule has 0 atom stereocenters. The number of likely N-dealkylation sites (tertiary alicyclic amines) is 1. The highest BCUT2D eigenvalue weighted by Gasteiger charge is 2.32. The van der Waals surface area contributed by atoms with Gasteiger partial charge in [0.05, 0.1) is 6.54 Å². The Morgan fingerprint density at radius 3 is 2.61 bits per heavy atom. The second kappa shape index (κ2) is 8.04. The van der Waals surface area contributed by atoms with E-state index in [2.05, 4.69) is 12.0 Å². The third kappa shape index (κ3) is 3.61. The molecule has 0 radical (unpaired) electrons. The van der Waals surface area contributed by atoms with Crippen LogP contribution in [0.1, 0.15) is 47.0 Å². The van der Waals surface area contributed by atoms with E-state index in [0.717, 1.165) is 24.8 Å². The Labute approximate surface area is 164 Å². The fraction of sp³-hybridized carbons (Fsp3) is 0.476. The van der Waals surface area contributed by atoms with Gasteiger partial charge < -0.3 is 14.5 Å². The van der Waals surface area contributed by atoms with Crippen molar-refractivity contribution in [1.82, 2.24) is 19.6 Å². The van der Waals surface area contributed by atoms with E-state index in [-0.39, 0.29) is 17.9 Å². The maximum absolute atomic E-state index is 13.1. The van der Waals surface area contributed by atoms with E-state index in [4.69, 9.17) is 4.74 Å². The molecule has 2 aromatic rings. The lowest BCUT2D eigenvalue weighted by atomic mass is 10.0. The third-order valence-electron chi connectivity index (χ3n) is 5.45. The van der Waals surface area contributed by atoms with E-state index in [1.165, 1.54) is 0 Å². The van der Waals surface area contributed by atoms with E-state index in [1.54, 1.807) is 10.7 Å². The number of piperidine rings is 1. The van der Waals surface area contributed by atoms with Gasteiger partial charge in [-0.2, -0.15) is 5.10 Å². The molecule has 148 valence electrons. The summed E-state index contributed by atoms with van der Waals surface area (Å²) < 4.78 is 7.23. The largest absolute Gasteiger partial charge is 0.476 e. The van der Waals surface area contributed by atoms with Gasteiger partial charge in [-0.15, -0.1) is 0 Å². The van der Waals surface area contributed by atoms with Crippen molar-refractivity contribution in [3.8, 4) is 5.88 Å². The summed E-state index contributed by atoms with van der Waals surface area (Å²) >= 11 is 0. The van der Waals surface area contributed by atoms with Crippen molar-refractivity contribution in [3.63, 3.8) is 0 Å². The summed E-state index contributed by atoms with van der Waals surface area (Å²) in [5, 5.41) is 4.41. The Kier molecular flexibility index (Phi) is 5.32. The number of aromatic nitrogens is 2. The number of rotatable bonds is 5. The summed E-state index contributed by atoms with van der Waals surface area (Å²) in [6.07, 6.45) is 2.46. The van der Waals surface area contributed by atoms with Crippen LogP contribution in [0.15, 0.2) is 36.4 Å². The first-order valence-corrected chi connectivity index (χ1v) is 10.0. The fourth-order valence-corrected chi connectivity index (χ4v) is 4.00. The van der Waals surface area contributed by atoms with Gasteiger partial charge in [-0.05, 0) is 31.4 Å². The number of nitrogens with zero attached hydrogens (tertiary/aromatic N) is 4. The molecule has 0 aliphatic carbocycles. The standard InChI is InChI=1S/C21H26N4O3/c1-2-10-24(21(27)18-15-19-25(22-18)13-14-28-19)17-8-11-23(12-9-17)20(26)16-6-4-3-5-7-16/h3-7,15,17H,2,8-14H2,1H3. The first kappa shape index (κ1) is 18.5. The minimum absolute atomic E-state index is 0.0415. The molecule has 1 fully saturated rings. The Morgan fingerprint density at radius 1 is 1.18 bits per heavy atom. The highest BCUT2D eigenvalue weighted by molar-refractivity contribution is 5.94. The molecule has 7 heteroatoms. The van der Waals surface area contributed by atoms with Crippen LogP contribution in [-0.4, -0.2) is 63.7 Å². The van der Waals surface area contributed by atoms with Crippen LogP contribution in [0, 0.1) is 0 Å². The molecule has 2 aliphatic heterocycles. The van der Waals surface area contributed by atoms with Gasteiger partial charge in [0, 0.05) is 37.3 Å². The van der Waals surface area contributed by atoms with E-state index in [9.17, 15) is 9.59 Å². The number of benzene rings is 1. The minimum atomic E-state index is -0.0415. The predicted molar refractivity (Wildman–Crippen MR) is 104 cm³/mol. The highest BCUT2D eigenvalue weighted by Crippen LogP contribution is 2.23. The highest BCUT2D eigenvalue weighted by atomic mass is 16.5. The third-order valence-corrected chi connectivity index (χ3v) is 5.45. The molecule has 1 aromatic carbocycles. The summed E-state index contributed by atoms with van der Waals surface area (Å²) in [5.41, 5.74) is 1.17. The molecule has 1 aromatic heterocycles. The van der Waals surface area contributed by atoms with Crippen molar-refractivity contribution in [2.45, 2.75) is 38.8 Å². The molecular formula is C21H26N4O3. The van der Waals surface area contributed by atoms with E-state index >= 15 is 0 Å². The average Bonchev–Trinajstić information content (AvgIpc) is 3.34. The fourth-order valence-electron chi connectivity index (χ4n) is 4.00. The zero-order valence-electron chi connectivity index (χ0n) is 16.2. The van der Waals surface area contributed by atoms with Gasteiger partial charge in [0.15, 0.2) is 5.69 Å². The van der Waals surface area contributed by atoms with Crippen LogP contribution in [0.3, 0.4) is 0 Å². The summed E-state index contributed by atoms with van der Waals surface area (Å²) in [4.78, 5) is 29.6. The van der Waals surface area contributed by atoms with Crippen molar-refractivity contribution < 1.29 is 14.3 Å². The monoisotopic (exact) mass is 382 g/mol. The molecule has 28 heavy (non-hydrogen) atoms. The van der Waals surface area contributed by atoms with Crippen LogP contribution < -0.4 is 4.74 Å². The number of hydrogen-bond acceptors (Lipinski definition) is 4. The molecule has 7 nitrogen and oxygen atoms in total. The molecule has 3 heterocycles.